The summed E-state index contributed by atoms with van der Waals surface area (Å²) in [6, 6.07) is 1.60. The molecule has 0 spiro atoms. The maximum atomic E-state index is 13.4. The van der Waals surface area contributed by atoms with E-state index < -0.39 is 15.9 Å². The molecule has 3 aliphatic rings. The first-order valence-corrected chi connectivity index (χ1v) is 14.6. The van der Waals surface area contributed by atoms with Crippen molar-refractivity contribution in [3.05, 3.63) is 31.9 Å². The van der Waals surface area contributed by atoms with Crippen LogP contribution >= 0.6 is 24.0 Å². The number of anilines is 1. The Labute approximate surface area is 209 Å². The van der Waals surface area contributed by atoms with Gasteiger partial charge in [0.05, 0.1) is 22.5 Å². The molecule has 1 aromatic rings. The third kappa shape index (κ3) is 4.55. The number of rotatable bonds is 4. The number of sulfone groups is 1. The molecule has 3 fully saturated rings. The maximum absolute atomic E-state index is 13.4. The summed E-state index contributed by atoms with van der Waals surface area (Å²) in [5.74, 6) is 0.397. The Morgan fingerprint density at radius 3 is 2.44 bits per heavy atom. The van der Waals surface area contributed by atoms with Gasteiger partial charge in [-0.1, -0.05) is 36.8 Å². The van der Waals surface area contributed by atoms with Crippen LogP contribution in [0.15, 0.2) is 9.70 Å². The fraction of sp³-hybridized carbons (Fsp3) is 0.565. The van der Waals surface area contributed by atoms with Gasteiger partial charge in [0.15, 0.2) is 9.84 Å². The number of nitrogens with zero attached hydrogens (tertiary/aromatic N) is 4. The SMILES string of the molecule is CCn1c(N2CCCCCC2)c(/C=C2\SC(=S)N(C3CCS(=O)(=O)C3)C2=O)c(C)c(C#N)c1=O. The van der Waals surface area contributed by atoms with Gasteiger partial charge >= 0.3 is 0 Å². The van der Waals surface area contributed by atoms with Crippen molar-refractivity contribution in [3.63, 3.8) is 0 Å². The van der Waals surface area contributed by atoms with Gasteiger partial charge < -0.3 is 4.90 Å². The van der Waals surface area contributed by atoms with E-state index in [0.717, 1.165) is 56.4 Å². The summed E-state index contributed by atoms with van der Waals surface area (Å²) in [6.07, 6.45) is 6.38. The molecular formula is C23H28N4O4S3. The van der Waals surface area contributed by atoms with Crippen LogP contribution in [0.3, 0.4) is 0 Å². The Balaban J connectivity index is 1.83. The molecule has 0 aliphatic carbocycles. The van der Waals surface area contributed by atoms with Crippen molar-refractivity contribution in [1.82, 2.24) is 9.47 Å². The Hall–Kier alpha value is -2.16. The zero-order chi connectivity index (χ0) is 24.6. The fourth-order valence-corrected chi connectivity index (χ4v) is 8.05. The molecule has 8 nitrogen and oxygen atoms in total. The van der Waals surface area contributed by atoms with Gasteiger partial charge in [0.25, 0.3) is 11.5 Å². The topological polar surface area (TPSA) is 103 Å². The van der Waals surface area contributed by atoms with Gasteiger partial charge in [-0.05, 0) is 44.7 Å². The van der Waals surface area contributed by atoms with Crippen LogP contribution in [0.25, 0.3) is 6.08 Å². The van der Waals surface area contributed by atoms with Crippen LogP contribution in [0.5, 0.6) is 0 Å². The van der Waals surface area contributed by atoms with Gasteiger partial charge in [0.2, 0.25) is 0 Å². The third-order valence-corrected chi connectivity index (χ3v) is 9.82. The summed E-state index contributed by atoms with van der Waals surface area (Å²) in [5.41, 5.74) is 0.983. The van der Waals surface area contributed by atoms with Crippen LogP contribution in [0, 0.1) is 18.3 Å². The number of hydrogen-bond acceptors (Lipinski definition) is 8. The molecule has 4 rings (SSSR count). The van der Waals surface area contributed by atoms with Crippen molar-refractivity contribution in [2.45, 2.75) is 58.5 Å². The second-order valence-corrected chi connectivity index (χ2v) is 12.8. The largest absolute Gasteiger partial charge is 0.357 e. The average Bonchev–Trinajstić information content (AvgIpc) is 3.13. The number of thioether (sulfide) groups is 1. The van der Waals surface area contributed by atoms with Gasteiger partial charge in [0.1, 0.15) is 21.8 Å². The molecule has 0 radical (unpaired) electrons. The van der Waals surface area contributed by atoms with E-state index in [1.165, 1.54) is 4.90 Å². The minimum Gasteiger partial charge on any atom is -0.357 e. The molecule has 11 heteroatoms. The molecule has 1 unspecified atom stereocenters. The Morgan fingerprint density at radius 1 is 1.21 bits per heavy atom. The Bertz CT molecular complexity index is 1270. The highest BCUT2D eigenvalue weighted by atomic mass is 32.2. The zero-order valence-corrected chi connectivity index (χ0v) is 21.8. The van der Waals surface area contributed by atoms with E-state index >= 15 is 0 Å². The van der Waals surface area contributed by atoms with Crippen LogP contribution in [0.4, 0.5) is 5.82 Å². The maximum Gasteiger partial charge on any atom is 0.270 e. The summed E-state index contributed by atoms with van der Waals surface area (Å²) >= 11 is 6.61. The number of nitriles is 1. The number of aromatic nitrogens is 1. The lowest BCUT2D eigenvalue weighted by atomic mass is 10.0. The van der Waals surface area contributed by atoms with Crippen LogP contribution in [-0.2, 0) is 21.2 Å². The molecule has 3 saturated heterocycles. The zero-order valence-electron chi connectivity index (χ0n) is 19.4. The highest BCUT2D eigenvalue weighted by molar-refractivity contribution is 8.26. The van der Waals surface area contributed by atoms with Crippen LogP contribution in [-0.4, -0.2) is 58.7 Å². The highest BCUT2D eigenvalue weighted by Crippen LogP contribution is 2.38. The predicted molar refractivity (Wildman–Crippen MR) is 139 cm³/mol. The smallest absolute Gasteiger partial charge is 0.270 e. The lowest BCUT2D eigenvalue weighted by Crippen LogP contribution is -2.39. The van der Waals surface area contributed by atoms with E-state index in [1.54, 1.807) is 17.6 Å². The second-order valence-electron chi connectivity index (χ2n) is 8.91. The van der Waals surface area contributed by atoms with E-state index in [1.807, 2.05) is 6.92 Å². The van der Waals surface area contributed by atoms with Gasteiger partial charge in [0, 0.05) is 25.2 Å². The van der Waals surface area contributed by atoms with E-state index in [0.29, 0.717) is 33.3 Å². The second kappa shape index (κ2) is 9.84. The molecule has 0 bridgehead atoms. The molecule has 0 saturated carbocycles. The van der Waals surface area contributed by atoms with E-state index in [4.69, 9.17) is 12.2 Å². The van der Waals surface area contributed by atoms with Crippen molar-refractivity contribution in [2.24, 2.45) is 0 Å². The number of amides is 1. The lowest BCUT2D eigenvalue weighted by molar-refractivity contribution is -0.123. The third-order valence-electron chi connectivity index (χ3n) is 6.74. The van der Waals surface area contributed by atoms with Crippen LogP contribution < -0.4 is 10.5 Å². The van der Waals surface area contributed by atoms with E-state index in [-0.39, 0.29) is 28.5 Å². The normalized spacial score (nSPS) is 24.0. The summed E-state index contributed by atoms with van der Waals surface area (Å²) in [6.45, 7) is 5.63. The van der Waals surface area contributed by atoms with Crippen molar-refractivity contribution in [3.8, 4) is 6.07 Å². The molecule has 0 N–H and O–H groups in total. The van der Waals surface area contributed by atoms with Gasteiger partial charge in [-0.3, -0.25) is 19.1 Å². The first kappa shape index (κ1) is 24.9. The minimum atomic E-state index is -3.17. The number of carbonyl (C=O) groups excluding carboxylic acids is 1. The lowest BCUT2D eigenvalue weighted by Gasteiger charge is -2.29. The quantitative estimate of drug-likeness (QED) is 0.441. The molecule has 1 amide bonds. The first-order chi connectivity index (χ1) is 16.2. The molecule has 1 aromatic heterocycles. The Kier molecular flexibility index (Phi) is 7.22. The Morgan fingerprint density at radius 2 is 1.88 bits per heavy atom. The number of carbonyl (C=O) groups is 1. The summed E-state index contributed by atoms with van der Waals surface area (Å²) in [4.78, 5) is 30.5. The predicted octanol–water partition coefficient (Wildman–Crippen LogP) is 2.82. The van der Waals surface area contributed by atoms with E-state index in [9.17, 15) is 23.3 Å². The van der Waals surface area contributed by atoms with Crippen molar-refractivity contribution < 1.29 is 13.2 Å². The molecule has 4 heterocycles. The fourth-order valence-electron chi connectivity index (χ4n) is 4.97. The summed E-state index contributed by atoms with van der Waals surface area (Å²) in [7, 11) is -3.17. The first-order valence-electron chi connectivity index (χ1n) is 11.6. The molecule has 0 aromatic carbocycles. The van der Waals surface area contributed by atoms with Crippen molar-refractivity contribution in [2.75, 3.05) is 29.5 Å². The number of thiocarbonyl (C=S) groups is 1. The highest BCUT2D eigenvalue weighted by Gasteiger charge is 2.42. The standard InChI is InChI=1S/C23H28N4O4S3/c1-3-26-20(25-9-6-4-5-7-10-25)17(15(2)18(13-24)21(26)28)12-19-22(29)27(23(32)33-19)16-8-11-34(30,31)14-16/h12,16H,3-11,14H2,1-2H3/b19-12-. The van der Waals surface area contributed by atoms with E-state index in [2.05, 4.69) is 11.0 Å². The monoisotopic (exact) mass is 520 g/mol. The minimum absolute atomic E-state index is 0.0545. The van der Waals surface area contributed by atoms with Crippen molar-refractivity contribution >= 4 is 55.9 Å². The molecule has 3 aliphatic heterocycles. The van der Waals surface area contributed by atoms with Gasteiger partial charge in [-0.25, -0.2) is 8.42 Å². The summed E-state index contributed by atoms with van der Waals surface area (Å²) in [5, 5.41) is 9.72. The summed E-state index contributed by atoms with van der Waals surface area (Å²) < 4.78 is 25.9. The number of pyridine rings is 1. The molecule has 34 heavy (non-hydrogen) atoms. The average molecular weight is 521 g/mol. The molecule has 1 atom stereocenters. The van der Waals surface area contributed by atoms with Gasteiger partial charge in [-0.15, -0.1) is 0 Å². The van der Waals surface area contributed by atoms with Crippen molar-refractivity contribution in [1.29, 1.82) is 5.26 Å². The number of hydrogen-bond donors (Lipinski definition) is 0. The van der Waals surface area contributed by atoms with Crippen LogP contribution in [0.2, 0.25) is 0 Å². The van der Waals surface area contributed by atoms with Gasteiger partial charge in [-0.2, -0.15) is 5.26 Å². The molecule has 182 valence electrons. The molecular weight excluding hydrogens is 492 g/mol. The van der Waals surface area contributed by atoms with Crippen LogP contribution in [0.1, 0.15) is 55.7 Å².